The summed E-state index contributed by atoms with van der Waals surface area (Å²) in [5.74, 6) is 0.407. The molecule has 0 bridgehead atoms. The number of amides is 1. The molecule has 2 heterocycles. The highest BCUT2D eigenvalue weighted by atomic mass is 16.4. The molecule has 1 aliphatic rings. The Balaban J connectivity index is 1.63. The number of hydrogen-bond donors (Lipinski definition) is 1. The first kappa shape index (κ1) is 14.6. The minimum atomic E-state index is -0.0266. The molecule has 6 heteroatoms. The van der Waals surface area contributed by atoms with E-state index in [-0.39, 0.29) is 5.91 Å². The third-order valence-electron chi connectivity index (χ3n) is 4.06. The second-order valence-corrected chi connectivity index (χ2v) is 5.95. The molecule has 0 saturated heterocycles. The van der Waals surface area contributed by atoms with Crippen molar-refractivity contribution in [2.24, 2.45) is 0 Å². The summed E-state index contributed by atoms with van der Waals surface area (Å²) in [5.41, 5.74) is 4.23. The van der Waals surface area contributed by atoms with Crippen molar-refractivity contribution < 1.29 is 9.21 Å². The van der Waals surface area contributed by atoms with Crippen LogP contribution < -0.4 is 5.32 Å². The molecule has 1 aliphatic carbocycles. The van der Waals surface area contributed by atoms with Gasteiger partial charge in [-0.05, 0) is 49.6 Å². The van der Waals surface area contributed by atoms with Gasteiger partial charge < -0.3 is 9.73 Å². The minimum absolute atomic E-state index is 0.0266. The highest BCUT2D eigenvalue weighted by Crippen LogP contribution is 2.26. The molecule has 0 atom stereocenters. The molecule has 4 rings (SSSR count). The lowest BCUT2D eigenvalue weighted by molar-refractivity contribution is 0.0951. The average Bonchev–Trinajstić information content (AvgIpc) is 3.24. The fraction of sp³-hybridized carbons (Fsp3) is 0.222. The molecule has 0 unspecified atom stereocenters. The van der Waals surface area contributed by atoms with Crippen molar-refractivity contribution in [2.45, 2.75) is 25.8 Å². The number of nitrogens with one attached hydrogen (secondary N) is 1. The number of aromatic nitrogens is 3. The molecule has 1 aromatic carbocycles. The van der Waals surface area contributed by atoms with E-state index in [9.17, 15) is 4.79 Å². The highest BCUT2D eigenvalue weighted by molar-refractivity contribution is 5.96. The SMILES string of the molecule is Cc1ccc(C(=O)NC2CC2)cc1-c1ccc(-c2nnco2)cn1. The number of carbonyl (C=O) groups excluding carboxylic acids is 1. The van der Waals surface area contributed by atoms with Crippen molar-refractivity contribution in [1.29, 1.82) is 0 Å². The second kappa shape index (κ2) is 5.88. The van der Waals surface area contributed by atoms with Gasteiger partial charge in [0.2, 0.25) is 12.3 Å². The summed E-state index contributed by atoms with van der Waals surface area (Å²) in [6.07, 6.45) is 5.13. The van der Waals surface area contributed by atoms with E-state index in [2.05, 4.69) is 20.5 Å². The van der Waals surface area contributed by atoms with Crippen LogP contribution in [-0.2, 0) is 0 Å². The molecule has 6 nitrogen and oxygen atoms in total. The maximum Gasteiger partial charge on any atom is 0.251 e. The number of aryl methyl sites for hydroxylation is 1. The summed E-state index contributed by atoms with van der Waals surface area (Å²) in [6.45, 7) is 2.01. The van der Waals surface area contributed by atoms with Crippen molar-refractivity contribution >= 4 is 5.91 Å². The van der Waals surface area contributed by atoms with Gasteiger partial charge in [0.15, 0.2) is 0 Å². The van der Waals surface area contributed by atoms with Gasteiger partial charge in [0.1, 0.15) is 0 Å². The Bertz CT molecular complexity index is 869. The number of pyridine rings is 1. The van der Waals surface area contributed by atoms with Gasteiger partial charge in [0.25, 0.3) is 5.91 Å². The highest BCUT2D eigenvalue weighted by Gasteiger charge is 2.24. The molecular weight excluding hydrogens is 304 g/mol. The molecule has 0 aliphatic heterocycles. The van der Waals surface area contributed by atoms with Gasteiger partial charge in [-0.25, -0.2) is 0 Å². The first-order valence-corrected chi connectivity index (χ1v) is 7.85. The zero-order valence-corrected chi connectivity index (χ0v) is 13.2. The number of hydrogen-bond acceptors (Lipinski definition) is 5. The van der Waals surface area contributed by atoms with Crippen LogP contribution in [0.4, 0.5) is 0 Å². The van der Waals surface area contributed by atoms with E-state index in [0.717, 1.165) is 35.2 Å². The minimum Gasteiger partial charge on any atom is -0.423 e. The lowest BCUT2D eigenvalue weighted by Crippen LogP contribution is -2.25. The average molecular weight is 320 g/mol. The van der Waals surface area contributed by atoms with Crippen LogP contribution in [-0.4, -0.2) is 27.1 Å². The Hall–Kier alpha value is -3.02. The Morgan fingerprint density at radius 1 is 1.25 bits per heavy atom. The van der Waals surface area contributed by atoms with Crippen LogP contribution in [0.5, 0.6) is 0 Å². The molecule has 1 saturated carbocycles. The summed E-state index contributed by atoms with van der Waals surface area (Å²) >= 11 is 0. The predicted molar refractivity (Wildman–Crippen MR) is 88.2 cm³/mol. The number of nitrogens with zero attached hydrogens (tertiary/aromatic N) is 3. The standard InChI is InChI=1S/C18H16N4O2/c1-11-2-3-12(17(23)21-14-5-6-14)8-15(11)16-7-4-13(9-19-16)18-22-20-10-24-18/h2-4,7-10,14H,5-6H2,1H3,(H,21,23). The predicted octanol–water partition coefficient (Wildman–Crippen LogP) is 3.00. The number of rotatable bonds is 4. The van der Waals surface area contributed by atoms with E-state index in [1.165, 1.54) is 6.39 Å². The van der Waals surface area contributed by atoms with E-state index in [1.807, 2.05) is 37.3 Å². The quantitative estimate of drug-likeness (QED) is 0.799. The third kappa shape index (κ3) is 2.90. The van der Waals surface area contributed by atoms with Crippen molar-refractivity contribution in [3.63, 3.8) is 0 Å². The lowest BCUT2D eigenvalue weighted by Gasteiger charge is -2.09. The molecule has 120 valence electrons. The molecule has 1 fully saturated rings. The van der Waals surface area contributed by atoms with Crippen LogP contribution in [0.3, 0.4) is 0 Å². The number of benzene rings is 1. The van der Waals surface area contributed by atoms with Gasteiger partial charge in [-0.15, -0.1) is 10.2 Å². The topological polar surface area (TPSA) is 80.9 Å². The van der Waals surface area contributed by atoms with Crippen LogP contribution in [0, 0.1) is 6.92 Å². The molecule has 0 spiro atoms. The van der Waals surface area contributed by atoms with E-state index in [4.69, 9.17) is 4.42 Å². The molecule has 24 heavy (non-hydrogen) atoms. The summed E-state index contributed by atoms with van der Waals surface area (Å²) in [6, 6.07) is 9.81. The van der Waals surface area contributed by atoms with Crippen LogP contribution >= 0.6 is 0 Å². The van der Waals surface area contributed by atoms with Gasteiger partial charge in [-0.2, -0.15) is 0 Å². The van der Waals surface area contributed by atoms with Gasteiger partial charge in [-0.1, -0.05) is 6.07 Å². The zero-order valence-electron chi connectivity index (χ0n) is 13.2. The van der Waals surface area contributed by atoms with Crippen molar-refractivity contribution in [1.82, 2.24) is 20.5 Å². The maximum atomic E-state index is 12.2. The van der Waals surface area contributed by atoms with E-state index in [1.54, 1.807) is 6.20 Å². The Morgan fingerprint density at radius 2 is 2.12 bits per heavy atom. The smallest absolute Gasteiger partial charge is 0.251 e. The first-order valence-electron chi connectivity index (χ1n) is 7.85. The van der Waals surface area contributed by atoms with Gasteiger partial charge >= 0.3 is 0 Å². The monoisotopic (exact) mass is 320 g/mol. The summed E-state index contributed by atoms with van der Waals surface area (Å²) in [5, 5.41) is 10.5. The molecular formula is C18H16N4O2. The second-order valence-electron chi connectivity index (χ2n) is 5.95. The van der Waals surface area contributed by atoms with Crippen molar-refractivity contribution in [2.75, 3.05) is 0 Å². The fourth-order valence-corrected chi connectivity index (χ4v) is 2.51. The summed E-state index contributed by atoms with van der Waals surface area (Å²) < 4.78 is 5.17. The van der Waals surface area contributed by atoms with Crippen LogP contribution in [0.25, 0.3) is 22.7 Å². The van der Waals surface area contributed by atoms with E-state index < -0.39 is 0 Å². The number of carbonyl (C=O) groups is 1. The van der Waals surface area contributed by atoms with Crippen molar-refractivity contribution in [3.8, 4) is 22.7 Å². The molecule has 0 radical (unpaired) electrons. The largest absolute Gasteiger partial charge is 0.423 e. The lowest BCUT2D eigenvalue weighted by atomic mass is 10.0. The molecule has 1 N–H and O–H groups in total. The van der Waals surface area contributed by atoms with Crippen LogP contribution in [0.15, 0.2) is 47.3 Å². The zero-order chi connectivity index (χ0) is 16.5. The summed E-state index contributed by atoms with van der Waals surface area (Å²) in [4.78, 5) is 16.7. The van der Waals surface area contributed by atoms with Gasteiger partial charge in [0.05, 0.1) is 11.3 Å². The first-order chi connectivity index (χ1) is 11.7. The van der Waals surface area contributed by atoms with Gasteiger partial charge in [0, 0.05) is 23.4 Å². The van der Waals surface area contributed by atoms with E-state index >= 15 is 0 Å². The molecule has 1 amide bonds. The summed E-state index contributed by atoms with van der Waals surface area (Å²) in [7, 11) is 0. The Kier molecular flexibility index (Phi) is 3.57. The molecule has 2 aromatic heterocycles. The fourth-order valence-electron chi connectivity index (χ4n) is 2.51. The van der Waals surface area contributed by atoms with E-state index in [0.29, 0.717) is 17.5 Å². The van der Waals surface area contributed by atoms with Crippen LogP contribution in [0.2, 0.25) is 0 Å². The van der Waals surface area contributed by atoms with Crippen molar-refractivity contribution in [3.05, 3.63) is 54.0 Å². The third-order valence-corrected chi connectivity index (χ3v) is 4.06. The maximum absolute atomic E-state index is 12.2. The Labute approximate surface area is 138 Å². The molecule has 3 aromatic rings. The Morgan fingerprint density at radius 3 is 2.79 bits per heavy atom. The van der Waals surface area contributed by atoms with Crippen LogP contribution in [0.1, 0.15) is 28.8 Å². The normalized spacial score (nSPS) is 13.7. The van der Waals surface area contributed by atoms with Gasteiger partial charge in [-0.3, -0.25) is 9.78 Å².